The number of rotatable bonds is 6. The van der Waals surface area contributed by atoms with Gasteiger partial charge in [0.2, 0.25) is 10.0 Å². The van der Waals surface area contributed by atoms with E-state index in [1.807, 2.05) is 31.2 Å². The Hall–Kier alpha value is -3.04. The van der Waals surface area contributed by atoms with Crippen molar-refractivity contribution in [2.75, 3.05) is 25.9 Å². The molecule has 2 aromatic carbocycles. The summed E-state index contributed by atoms with van der Waals surface area (Å²) in [4.78, 5) is 15.3. The Bertz CT molecular complexity index is 1280. The van der Waals surface area contributed by atoms with Gasteiger partial charge in [-0.2, -0.15) is 5.10 Å². The number of nitrogens with zero attached hydrogens (tertiary/aromatic N) is 4. The zero-order chi connectivity index (χ0) is 24.5. The highest BCUT2D eigenvalue weighted by molar-refractivity contribution is 7.89. The molecule has 0 atom stereocenters. The molecule has 0 unspecified atom stereocenters. The Balaban J connectivity index is 1.62. The molecule has 0 N–H and O–H groups in total. The maximum absolute atomic E-state index is 13.6. The second kappa shape index (κ2) is 9.68. The quantitative estimate of drug-likeness (QED) is 0.532. The van der Waals surface area contributed by atoms with Gasteiger partial charge in [0.05, 0.1) is 17.0 Å². The van der Waals surface area contributed by atoms with E-state index in [2.05, 4.69) is 5.10 Å². The second-order valence-corrected chi connectivity index (χ2v) is 10.9. The summed E-state index contributed by atoms with van der Waals surface area (Å²) in [7, 11) is -1.66. The van der Waals surface area contributed by atoms with Gasteiger partial charge in [-0.3, -0.25) is 4.79 Å². The molecule has 7 nitrogen and oxygen atoms in total. The summed E-state index contributed by atoms with van der Waals surface area (Å²) in [5, 5.41) is 4.68. The van der Waals surface area contributed by atoms with Crippen molar-refractivity contribution in [2.45, 2.75) is 32.7 Å². The van der Waals surface area contributed by atoms with Crippen LogP contribution in [0.15, 0.2) is 54.7 Å². The fourth-order valence-corrected chi connectivity index (χ4v) is 5.37. The van der Waals surface area contributed by atoms with Gasteiger partial charge in [-0.25, -0.2) is 21.8 Å². The summed E-state index contributed by atoms with van der Waals surface area (Å²) >= 11 is 0. The third-order valence-electron chi connectivity index (χ3n) is 6.40. The molecule has 1 aliphatic heterocycles. The van der Waals surface area contributed by atoms with Crippen molar-refractivity contribution in [2.24, 2.45) is 0 Å². The van der Waals surface area contributed by atoms with E-state index in [-0.39, 0.29) is 23.5 Å². The lowest BCUT2D eigenvalue weighted by molar-refractivity contribution is 0.0687. The molecular formula is C25H29FN4O3S. The molecule has 1 aromatic heterocycles. The first kappa shape index (κ1) is 24.1. The lowest BCUT2D eigenvalue weighted by atomic mass is 10.0. The van der Waals surface area contributed by atoms with Crippen LogP contribution in [0.3, 0.4) is 0 Å². The first-order chi connectivity index (χ1) is 16.2. The van der Waals surface area contributed by atoms with Gasteiger partial charge in [-0.05, 0) is 57.0 Å². The molecule has 0 saturated carbocycles. The number of hydrogen-bond donors (Lipinski definition) is 0. The maximum atomic E-state index is 13.6. The third kappa shape index (κ3) is 4.90. The monoisotopic (exact) mass is 484 g/mol. The highest BCUT2D eigenvalue weighted by Crippen LogP contribution is 2.27. The van der Waals surface area contributed by atoms with Gasteiger partial charge in [0.15, 0.2) is 0 Å². The lowest BCUT2D eigenvalue weighted by Gasteiger charge is -2.36. The second-order valence-electron chi connectivity index (χ2n) is 8.62. The fourth-order valence-electron chi connectivity index (χ4n) is 4.30. The van der Waals surface area contributed by atoms with Crippen LogP contribution in [0.25, 0.3) is 16.9 Å². The van der Waals surface area contributed by atoms with Crippen molar-refractivity contribution < 1.29 is 17.6 Å². The topological polar surface area (TPSA) is 75.5 Å². The number of hydrogen-bond acceptors (Lipinski definition) is 4. The Kier molecular flexibility index (Phi) is 6.86. The number of sulfonamides is 1. The van der Waals surface area contributed by atoms with E-state index in [4.69, 9.17) is 0 Å². The van der Waals surface area contributed by atoms with E-state index in [9.17, 15) is 17.6 Å². The number of halogens is 1. The first-order valence-electron chi connectivity index (χ1n) is 11.4. The van der Waals surface area contributed by atoms with Crippen LogP contribution in [0.4, 0.5) is 4.39 Å². The standard InChI is InChI=1S/C25H29FN4O3S/c1-4-34(32,33)28(3)21-12-14-29(15-13-21)25(31)23-17-30(22-10-8-20(26)9-11-22)27-24(23)19-7-5-6-18(2)16-19/h5-11,16-17,21H,4,12-15H2,1-3H3. The zero-order valence-corrected chi connectivity index (χ0v) is 20.4. The molecule has 0 spiro atoms. The van der Waals surface area contributed by atoms with Crippen LogP contribution in [-0.4, -0.2) is 65.2 Å². The molecule has 4 rings (SSSR count). The van der Waals surface area contributed by atoms with E-state index in [0.717, 1.165) is 11.1 Å². The fraction of sp³-hybridized carbons (Fsp3) is 0.360. The molecule has 1 aliphatic rings. The summed E-state index contributed by atoms with van der Waals surface area (Å²) in [6.45, 7) is 4.54. The molecule has 180 valence electrons. The van der Waals surface area contributed by atoms with Crippen molar-refractivity contribution in [3.05, 3.63) is 71.7 Å². The predicted molar refractivity (Wildman–Crippen MR) is 130 cm³/mol. The van der Waals surface area contributed by atoms with Crippen LogP contribution in [0.2, 0.25) is 0 Å². The minimum absolute atomic E-state index is 0.0606. The number of likely N-dealkylation sites (tertiary alicyclic amines) is 1. The SMILES string of the molecule is CCS(=O)(=O)N(C)C1CCN(C(=O)c2cn(-c3ccc(F)cc3)nc2-c2cccc(C)c2)CC1. The average Bonchev–Trinajstić information content (AvgIpc) is 3.29. The minimum Gasteiger partial charge on any atom is -0.338 e. The maximum Gasteiger partial charge on any atom is 0.257 e. The molecule has 3 aromatic rings. The van der Waals surface area contributed by atoms with Gasteiger partial charge >= 0.3 is 0 Å². The number of amides is 1. The Labute approximate surface area is 199 Å². The lowest BCUT2D eigenvalue weighted by Crippen LogP contribution is -2.47. The summed E-state index contributed by atoms with van der Waals surface area (Å²) in [5.41, 5.74) is 3.55. The molecule has 1 fully saturated rings. The highest BCUT2D eigenvalue weighted by atomic mass is 32.2. The number of aryl methyl sites for hydroxylation is 1. The summed E-state index contributed by atoms with van der Waals surface area (Å²) in [5.74, 6) is -0.432. The van der Waals surface area contributed by atoms with E-state index in [0.29, 0.717) is 42.9 Å². The van der Waals surface area contributed by atoms with Crippen molar-refractivity contribution in [1.82, 2.24) is 19.0 Å². The van der Waals surface area contributed by atoms with Gasteiger partial charge in [0.1, 0.15) is 11.5 Å². The van der Waals surface area contributed by atoms with Crippen molar-refractivity contribution in [1.29, 1.82) is 0 Å². The molecule has 9 heteroatoms. The minimum atomic E-state index is -3.28. The van der Waals surface area contributed by atoms with Crippen molar-refractivity contribution >= 4 is 15.9 Å². The van der Waals surface area contributed by atoms with Crippen LogP contribution in [0, 0.1) is 12.7 Å². The summed E-state index contributed by atoms with van der Waals surface area (Å²) in [6, 6.07) is 13.6. The molecule has 0 bridgehead atoms. The molecule has 0 radical (unpaired) electrons. The Morgan fingerprint density at radius 1 is 1.15 bits per heavy atom. The number of benzene rings is 2. The zero-order valence-electron chi connectivity index (χ0n) is 19.6. The first-order valence-corrected chi connectivity index (χ1v) is 13.0. The van der Waals surface area contributed by atoms with Crippen LogP contribution in [-0.2, 0) is 10.0 Å². The van der Waals surface area contributed by atoms with Gasteiger partial charge in [-0.1, -0.05) is 23.8 Å². The number of carbonyl (C=O) groups excluding carboxylic acids is 1. The van der Waals surface area contributed by atoms with Gasteiger partial charge in [0, 0.05) is 37.9 Å². The van der Waals surface area contributed by atoms with Gasteiger partial charge < -0.3 is 4.90 Å². The smallest absolute Gasteiger partial charge is 0.257 e. The molecule has 0 aliphatic carbocycles. The molecule has 2 heterocycles. The van der Waals surface area contributed by atoms with Crippen LogP contribution >= 0.6 is 0 Å². The van der Waals surface area contributed by atoms with E-state index in [1.54, 1.807) is 41.9 Å². The number of piperidine rings is 1. The predicted octanol–water partition coefficient (Wildman–Crippen LogP) is 3.87. The molecule has 1 amide bonds. The molecule has 1 saturated heterocycles. The average molecular weight is 485 g/mol. The van der Waals surface area contributed by atoms with Crippen LogP contribution in [0.1, 0.15) is 35.7 Å². The number of carbonyl (C=O) groups is 1. The number of aromatic nitrogens is 2. The van der Waals surface area contributed by atoms with Gasteiger partial charge in [0.25, 0.3) is 5.91 Å². The molecule has 34 heavy (non-hydrogen) atoms. The summed E-state index contributed by atoms with van der Waals surface area (Å²) in [6.07, 6.45) is 2.84. The van der Waals surface area contributed by atoms with E-state index < -0.39 is 10.0 Å². The van der Waals surface area contributed by atoms with Gasteiger partial charge in [-0.15, -0.1) is 0 Å². The highest BCUT2D eigenvalue weighted by Gasteiger charge is 2.32. The van der Waals surface area contributed by atoms with Crippen LogP contribution in [0.5, 0.6) is 0 Å². The van der Waals surface area contributed by atoms with Crippen molar-refractivity contribution in [3.8, 4) is 16.9 Å². The van der Waals surface area contributed by atoms with E-state index in [1.165, 1.54) is 16.4 Å². The third-order valence-corrected chi connectivity index (χ3v) is 8.30. The summed E-state index contributed by atoms with van der Waals surface area (Å²) < 4.78 is 40.9. The normalized spacial score (nSPS) is 15.1. The van der Waals surface area contributed by atoms with E-state index >= 15 is 0 Å². The molecular weight excluding hydrogens is 455 g/mol. The Morgan fingerprint density at radius 3 is 2.44 bits per heavy atom. The van der Waals surface area contributed by atoms with Crippen LogP contribution < -0.4 is 0 Å². The van der Waals surface area contributed by atoms with Crippen molar-refractivity contribution in [3.63, 3.8) is 0 Å². The Morgan fingerprint density at radius 2 is 1.82 bits per heavy atom. The largest absolute Gasteiger partial charge is 0.338 e.